The second kappa shape index (κ2) is 6.80. The highest BCUT2D eigenvalue weighted by atomic mass is 19.1. The van der Waals surface area contributed by atoms with Crippen LogP contribution in [-0.4, -0.2) is 17.8 Å². The van der Waals surface area contributed by atoms with E-state index in [1.165, 1.54) is 31.4 Å². The second-order valence-electron chi connectivity index (χ2n) is 4.70. The van der Waals surface area contributed by atoms with Crippen LogP contribution in [0.3, 0.4) is 0 Å². The SMILES string of the molecule is COc1ccc(C(=O)CCc2cccc([N+](=O)[O-])c2)cc1F. The number of Topliss-reactive ketones (excluding diaryl/α,β-unsaturated/α-hetero) is 1. The Balaban J connectivity index is 2.05. The van der Waals surface area contributed by atoms with Gasteiger partial charge in [-0.1, -0.05) is 12.1 Å². The Bertz CT molecular complexity index is 715. The van der Waals surface area contributed by atoms with Crippen LogP contribution >= 0.6 is 0 Å². The number of nitro groups is 1. The first-order valence-corrected chi connectivity index (χ1v) is 6.61. The molecule has 0 N–H and O–H groups in total. The molecule has 0 radical (unpaired) electrons. The van der Waals surface area contributed by atoms with Gasteiger partial charge in [-0.15, -0.1) is 0 Å². The molecule has 0 unspecified atom stereocenters. The van der Waals surface area contributed by atoms with Gasteiger partial charge in [-0.05, 0) is 30.2 Å². The van der Waals surface area contributed by atoms with Crippen molar-refractivity contribution < 1.29 is 18.8 Å². The summed E-state index contributed by atoms with van der Waals surface area (Å²) in [5.74, 6) is -0.744. The lowest BCUT2D eigenvalue weighted by Gasteiger charge is -2.05. The Labute approximate surface area is 126 Å². The van der Waals surface area contributed by atoms with Crippen LogP contribution in [0.2, 0.25) is 0 Å². The summed E-state index contributed by atoms with van der Waals surface area (Å²) in [4.78, 5) is 22.3. The van der Waals surface area contributed by atoms with E-state index >= 15 is 0 Å². The van der Waals surface area contributed by atoms with Crippen LogP contribution in [0.5, 0.6) is 5.75 Å². The Morgan fingerprint density at radius 1 is 1.27 bits per heavy atom. The quantitative estimate of drug-likeness (QED) is 0.465. The first kappa shape index (κ1) is 15.6. The molecule has 0 spiro atoms. The summed E-state index contributed by atoms with van der Waals surface area (Å²) in [5, 5.41) is 10.7. The van der Waals surface area contributed by atoms with Crippen molar-refractivity contribution in [1.29, 1.82) is 0 Å². The zero-order valence-corrected chi connectivity index (χ0v) is 11.9. The fraction of sp³-hybridized carbons (Fsp3) is 0.188. The summed E-state index contributed by atoms with van der Waals surface area (Å²) in [6.45, 7) is 0. The van der Waals surface area contributed by atoms with Gasteiger partial charge in [-0.25, -0.2) is 4.39 Å². The number of ketones is 1. The predicted octanol–water partition coefficient (Wildman–Crippen LogP) is 3.56. The molecule has 0 bridgehead atoms. The summed E-state index contributed by atoms with van der Waals surface area (Å²) < 4.78 is 18.4. The zero-order valence-electron chi connectivity index (χ0n) is 11.9. The van der Waals surface area contributed by atoms with Crippen molar-refractivity contribution in [2.24, 2.45) is 0 Å². The molecule has 0 saturated heterocycles. The molecule has 2 aromatic rings. The van der Waals surface area contributed by atoms with Gasteiger partial charge in [0.15, 0.2) is 17.3 Å². The molecule has 0 saturated carbocycles. The second-order valence-corrected chi connectivity index (χ2v) is 4.70. The van der Waals surface area contributed by atoms with Crippen LogP contribution in [0.4, 0.5) is 10.1 Å². The minimum Gasteiger partial charge on any atom is -0.494 e. The van der Waals surface area contributed by atoms with E-state index in [1.54, 1.807) is 12.1 Å². The number of hydrogen-bond acceptors (Lipinski definition) is 4. The van der Waals surface area contributed by atoms with Gasteiger partial charge in [0.05, 0.1) is 12.0 Å². The van der Waals surface area contributed by atoms with Crippen LogP contribution in [-0.2, 0) is 6.42 Å². The molecule has 2 rings (SSSR count). The Hall–Kier alpha value is -2.76. The van der Waals surface area contributed by atoms with Gasteiger partial charge < -0.3 is 4.74 Å². The highest BCUT2D eigenvalue weighted by Crippen LogP contribution is 2.20. The number of hydrogen-bond donors (Lipinski definition) is 0. The van der Waals surface area contributed by atoms with Gasteiger partial charge in [-0.3, -0.25) is 14.9 Å². The summed E-state index contributed by atoms with van der Waals surface area (Å²) >= 11 is 0. The van der Waals surface area contributed by atoms with Crippen molar-refractivity contribution in [2.45, 2.75) is 12.8 Å². The number of nitrogens with zero attached hydrogens (tertiary/aromatic N) is 1. The maximum atomic E-state index is 13.6. The van der Waals surface area contributed by atoms with Crippen molar-refractivity contribution in [3.63, 3.8) is 0 Å². The summed E-state index contributed by atoms with van der Waals surface area (Å²) in [5.41, 5.74) is 0.931. The maximum absolute atomic E-state index is 13.6. The standard InChI is InChI=1S/C16H14FNO4/c1-22-16-8-6-12(10-14(16)17)15(19)7-5-11-3-2-4-13(9-11)18(20)21/h2-4,6,8-10H,5,7H2,1H3. The fourth-order valence-electron chi connectivity index (χ4n) is 2.07. The van der Waals surface area contributed by atoms with Crippen molar-refractivity contribution in [1.82, 2.24) is 0 Å². The van der Waals surface area contributed by atoms with Crippen LogP contribution in [0.1, 0.15) is 22.3 Å². The van der Waals surface area contributed by atoms with Gasteiger partial charge >= 0.3 is 0 Å². The molecule has 0 atom stereocenters. The normalized spacial score (nSPS) is 10.3. The van der Waals surface area contributed by atoms with Crippen molar-refractivity contribution in [3.05, 3.63) is 69.5 Å². The zero-order chi connectivity index (χ0) is 16.1. The topological polar surface area (TPSA) is 69.4 Å². The van der Waals surface area contributed by atoms with E-state index in [4.69, 9.17) is 4.74 Å². The van der Waals surface area contributed by atoms with E-state index in [0.29, 0.717) is 12.0 Å². The number of aryl methyl sites for hydroxylation is 1. The van der Waals surface area contributed by atoms with Crippen LogP contribution in [0.15, 0.2) is 42.5 Å². The number of methoxy groups -OCH3 is 1. The fourth-order valence-corrected chi connectivity index (χ4v) is 2.07. The van der Waals surface area contributed by atoms with Gasteiger partial charge in [0.1, 0.15) is 0 Å². The van der Waals surface area contributed by atoms with Gasteiger partial charge in [0.25, 0.3) is 5.69 Å². The third-order valence-corrected chi connectivity index (χ3v) is 3.24. The number of carbonyl (C=O) groups is 1. The molecule has 0 aliphatic heterocycles. The maximum Gasteiger partial charge on any atom is 0.269 e. The molecule has 2 aromatic carbocycles. The van der Waals surface area contributed by atoms with E-state index in [2.05, 4.69) is 0 Å². The largest absolute Gasteiger partial charge is 0.494 e. The first-order valence-electron chi connectivity index (χ1n) is 6.61. The molecule has 114 valence electrons. The highest BCUT2D eigenvalue weighted by molar-refractivity contribution is 5.96. The number of ether oxygens (including phenoxy) is 1. The number of carbonyl (C=O) groups excluding carboxylic acids is 1. The van der Waals surface area contributed by atoms with E-state index in [9.17, 15) is 19.3 Å². The van der Waals surface area contributed by atoms with Crippen LogP contribution in [0.25, 0.3) is 0 Å². The minimum atomic E-state index is -0.594. The number of nitro benzene ring substituents is 1. The molecule has 0 heterocycles. The van der Waals surface area contributed by atoms with E-state index < -0.39 is 10.7 Å². The lowest BCUT2D eigenvalue weighted by atomic mass is 10.0. The number of halogens is 1. The lowest BCUT2D eigenvalue weighted by Crippen LogP contribution is -2.02. The smallest absolute Gasteiger partial charge is 0.269 e. The monoisotopic (exact) mass is 303 g/mol. The van der Waals surface area contributed by atoms with Crippen molar-refractivity contribution >= 4 is 11.5 Å². The third kappa shape index (κ3) is 3.66. The minimum absolute atomic E-state index is 0.0135. The van der Waals surface area contributed by atoms with Crippen molar-refractivity contribution in [3.8, 4) is 5.75 Å². The van der Waals surface area contributed by atoms with E-state index in [1.807, 2.05) is 0 Å². The molecular weight excluding hydrogens is 289 g/mol. The van der Waals surface area contributed by atoms with Crippen LogP contribution < -0.4 is 4.74 Å². The van der Waals surface area contributed by atoms with Crippen LogP contribution in [0, 0.1) is 15.9 Å². The Morgan fingerprint density at radius 2 is 2.05 bits per heavy atom. The molecule has 5 nitrogen and oxygen atoms in total. The van der Waals surface area contributed by atoms with Gasteiger partial charge in [-0.2, -0.15) is 0 Å². The van der Waals surface area contributed by atoms with E-state index in [0.717, 1.165) is 6.07 Å². The predicted molar refractivity (Wildman–Crippen MR) is 78.7 cm³/mol. The lowest BCUT2D eigenvalue weighted by molar-refractivity contribution is -0.384. The molecule has 0 aliphatic rings. The molecular formula is C16H14FNO4. The Morgan fingerprint density at radius 3 is 2.68 bits per heavy atom. The average molecular weight is 303 g/mol. The third-order valence-electron chi connectivity index (χ3n) is 3.24. The highest BCUT2D eigenvalue weighted by Gasteiger charge is 2.11. The number of non-ortho nitro benzene ring substituents is 1. The average Bonchev–Trinajstić information content (AvgIpc) is 2.52. The van der Waals surface area contributed by atoms with Gasteiger partial charge in [0, 0.05) is 24.1 Å². The number of benzene rings is 2. The van der Waals surface area contributed by atoms with Crippen molar-refractivity contribution in [2.75, 3.05) is 7.11 Å². The Kier molecular flexibility index (Phi) is 4.83. The molecule has 0 fully saturated rings. The summed E-state index contributed by atoms with van der Waals surface area (Å²) in [7, 11) is 1.35. The summed E-state index contributed by atoms with van der Waals surface area (Å²) in [6, 6.07) is 10.1. The molecule has 0 aromatic heterocycles. The molecule has 22 heavy (non-hydrogen) atoms. The summed E-state index contributed by atoms with van der Waals surface area (Å²) in [6.07, 6.45) is 0.501. The molecule has 0 aliphatic carbocycles. The van der Waals surface area contributed by atoms with E-state index in [-0.39, 0.29) is 29.2 Å². The number of rotatable bonds is 6. The molecule has 6 heteroatoms. The molecule has 0 amide bonds. The van der Waals surface area contributed by atoms with Gasteiger partial charge in [0.2, 0.25) is 0 Å². The first-order chi connectivity index (χ1) is 10.5.